The highest BCUT2D eigenvalue weighted by Gasteiger charge is 2.32. The number of thiophene rings is 1. The summed E-state index contributed by atoms with van der Waals surface area (Å²) in [4.78, 5) is 3.74. The highest BCUT2D eigenvalue weighted by Crippen LogP contribution is 2.39. The normalized spacial score (nSPS) is 18.6. The Hall–Kier alpha value is -2.51. The van der Waals surface area contributed by atoms with Crippen LogP contribution < -0.4 is 9.47 Å². The number of hydrogen-bond acceptors (Lipinski definition) is 4. The number of alkyl halides is 3. The molecule has 30 heavy (non-hydrogen) atoms. The Labute approximate surface area is 176 Å². The van der Waals surface area contributed by atoms with Gasteiger partial charge in [0.05, 0.1) is 12.6 Å². The van der Waals surface area contributed by atoms with Gasteiger partial charge in [-0.25, -0.2) is 0 Å². The molecule has 0 saturated carbocycles. The summed E-state index contributed by atoms with van der Waals surface area (Å²) in [5.41, 5.74) is 4.67. The fourth-order valence-electron chi connectivity index (χ4n) is 4.35. The monoisotopic (exact) mass is 431 g/mol. The van der Waals surface area contributed by atoms with E-state index in [9.17, 15) is 13.2 Å². The molecule has 7 heteroatoms. The molecular formula is C23H20F3NO2S. The standard InChI is InChI=1S/C23H20F3NO2S/c24-23(25,26)29-18-4-2-16(3-5-18)22-19-9-12-30-21(19)7-10-27(22)14-15-1-6-20-17(13-15)8-11-28-20/h1-6,9,12-13,22H,7-8,10-11,14H2/t22-/m0/s1. The van der Waals surface area contributed by atoms with E-state index in [1.165, 1.54) is 33.7 Å². The lowest BCUT2D eigenvalue weighted by Gasteiger charge is -2.36. The second-order valence-corrected chi connectivity index (χ2v) is 8.58. The van der Waals surface area contributed by atoms with Crippen molar-refractivity contribution in [1.82, 2.24) is 4.90 Å². The molecule has 0 fully saturated rings. The summed E-state index contributed by atoms with van der Waals surface area (Å²) in [6.07, 6.45) is -2.77. The second kappa shape index (κ2) is 7.63. The predicted molar refractivity (Wildman–Crippen MR) is 109 cm³/mol. The van der Waals surface area contributed by atoms with Crippen molar-refractivity contribution in [1.29, 1.82) is 0 Å². The highest BCUT2D eigenvalue weighted by atomic mass is 32.1. The maximum Gasteiger partial charge on any atom is 0.573 e. The van der Waals surface area contributed by atoms with E-state index in [4.69, 9.17) is 4.74 Å². The minimum Gasteiger partial charge on any atom is -0.493 e. The van der Waals surface area contributed by atoms with Gasteiger partial charge in [0.15, 0.2) is 0 Å². The predicted octanol–water partition coefficient (Wildman–Crippen LogP) is 5.73. The van der Waals surface area contributed by atoms with Crippen LogP contribution in [0.3, 0.4) is 0 Å². The number of ether oxygens (including phenoxy) is 2. The lowest BCUT2D eigenvalue weighted by Crippen LogP contribution is -2.35. The zero-order valence-corrected chi connectivity index (χ0v) is 16.9. The SMILES string of the molecule is FC(F)(F)Oc1ccc([C@H]2c3ccsc3CCN2Cc2ccc3c(c2)CCO3)cc1. The van der Waals surface area contributed by atoms with E-state index < -0.39 is 6.36 Å². The van der Waals surface area contributed by atoms with Crippen molar-refractivity contribution < 1.29 is 22.6 Å². The molecule has 3 aromatic rings. The lowest BCUT2D eigenvalue weighted by molar-refractivity contribution is -0.274. The van der Waals surface area contributed by atoms with Gasteiger partial charge >= 0.3 is 6.36 Å². The molecule has 0 spiro atoms. The van der Waals surface area contributed by atoms with Crippen LogP contribution in [0.2, 0.25) is 0 Å². The quantitative estimate of drug-likeness (QED) is 0.527. The molecule has 1 atom stereocenters. The Morgan fingerprint density at radius 2 is 1.90 bits per heavy atom. The molecule has 156 valence electrons. The van der Waals surface area contributed by atoms with Crippen LogP contribution >= 0.6 is 11.3 Å². The van der Waals surface area contributed by atoms with E-state index in [1.807, 2.05) is 6.07 Å². The first kappa shape index (κ1) is 19.5. The van der Waals surface area contributed by atoms with Gasteiger partial charge in [0.1, 0.15) is 11.5 Å². The van der Waals surface area contributed by atoms with Crippen LogP contribution in [0.1, 0.15) is 33.2 Å². The van der Waals surface area contributed by atoms with Crippen molar-refractivity contribution in [2.75, 3.05) is 13.2 Å². The summed E-state index contributed by atoms with van der Waals surface area (Å²) in [5.74, 6) is 0.770. The average Bonchev–Trinajstić information content (AvgIpc) is 3.36. The third kappa shape index (κ3) is 3.91. The molecule has 0 N–H and O–H groups in total. The number of halogens is 3. The van der Waals surface area contributed by atoms with Crippen LogP contribution in [0.4, 0.5) is 13.2 Å². The van der Waals surface area contributed by atoms with Gasteiger partial charge in [0, 0.05) is 24.4 Å². The Balaban J connectivity index is 1.44. The number of rotatable bonds is 4. The van der Waals surface area contributed by atoms with Crippen molar-refractivity contribution in [2.24, 2.45) is 0 Å². The van der Waals surface area contributed by atoms with Gasteiger partial charge in [0.2, 0.25) is 0 Å². The van der Waals surface area contributed by atoms with Crippen LogP contribution in [0, 0.1) is 0 Å². The van der Waals surface area contributed by atoms with E-state index in [2.05, 4.69) is 33.2 Å². The third-order valence-electron chi connectivity index (χ3n) is 5.63. The van der Waals surface area contributed by atoms with Gasteiger partial charge in [-0.2, -0.15) is 0 Å². The Morgan fingerprint density at radius 3 is 2.70 bits per heavy atom. The Bertz CT molecular complexity index is 1050. The van der Waals surface area contributed by atoms with E-state index in [1.54, 1.807) is 23.5 Å². The molecule has 3 nitrogen and oxygen atoms in total. The number of nitrogens with zero attached hydrogens (tertiary/aromatic N) is 1. The van der Waals surface area contributed by atoms with Gasteiger partial charge in [-0.15, -0.1) is 24.5 Å². The van der Waals surface area contributed by atoms with E-state index in [-0.39, 0.29) is 11.8 Å². The fourth-order valence-corrected chi connectivity index (χ4v) is 5.26. The van der Waals surface area contributed by atoms with Crippen molar-refractivity contribution >= 4 is 11.3 Å². The molecule has 0 aliphatic carbocycles. The first-order valence-corrected chi connectivity index (χ1v) is 10.7. The van der Waals surface area contributed by atoms with Crippen LogP contribution in [-0.4, -0.2) is 24.4 Å². The lowest BCUT2D eigenvalue weighted by atomic mass is 9.92. The van der Waals surface area contributed by atoms with Gasteiger partial charge in [0.25, 0.3) is 0 Å². The summed E-state index contributed by atoms with van der Waals surface area (Å²) in [7, 11) is 0. The third-order valence-corrected chi connectivity index (χ3v) is 6.63. The van der Waals surface area contributed by atoms with Crippen LogP contribution in [-0.2, 0) is 19.4 Å². The maximum absolute atomic E-state index is 12.5. The summed E-state index contributed by atoms with van der Waals surface area (Å²) >= 11 is 1.74. The molecule has 0 amide bonds. The van der Waals surface area contributed by atoms with Gasteiger partial charge < -0.3 is 9.47 Å². The molecule has 2 aliphatic heterocycles. The van der Waals surface area contributed by atoms with E-state index in [0.29, 0.717) is 0 Å². The van der Waals surface area contributed by atoms with Crippen molar-refractivity contribution in [3.63, 3.8) is 0 Å². The number of hydrogen-bond donors (Lipinski definition) is 0. The molecule has 0 saturated heterocycles. The smallest absolute Gasteiger partial charge is 0.493 e. The van der Waals surface area contributed by atoms with Crippen LogP contribution in [0.5, 0.6) is 11.5 Å². The number of fused-ring (bicyclic) bond motifs is 2. The van der Waals surface area contributed by atoms with E-state index >= 15 is 0 Å². The highest BCUT2D eigenvalue weighted by molar-refractivity contribution is 7.10. The summed E-state index contributed by atoms with van der Waals surface area (Å²) < 4.78 is 47.2. The molecule has 0 radical (unpaired) electrons. The van der Waals surface area contributed by atoms with Crippen molar-refractivity contribution in [2.45, 2.75) is 31.8 Å². The molecule has 0 unspecified atom stereocenters. The van der Waals surface area contributed by atoms with E-state index in [0.717, 1.165) is 43.9 Å². The minimum absolute atomic E-state index is 0.00411. The zero-order chi connectivity index (χ0) is 20.7. The molecule has 5 rings (SSSR count). The second-order valence-electron chi connectivity index (χ2n) is 7.58. The molecule has 2 aliphatic rings. The average molecular weight is 431 g/mol. The fraction of sp³-hybridized carbons (Fsp3) is 0.304. The Kier molecular flexibility index (Phi) is 4.95. The first-order chi connectivity index (χ1) is 14.5. The molecule has 2 aromatic carbocycles. The topological polar surface area (TPSA) is 21.7 Å². The minimum atomic E-state index is -4.68. The van der Waals surface area contributed by atoms with Crippen molar-refractivity contribution in [3.05, 3.63) is 81.0 Å². The molecule has 1 aromatic heterocycles. The zero-order valence-electron chi connectivity index (χ0n) is 16.1. The summed E-state index contributed by atoms with van der Waals surface area (Å²) in [5, 5.41) is 2.09. The summed E-state index contributed by atoms with van der Waals surface area (Å²) in [6.45, 7) is 2.40. The number of benzene rings is 2. The van der Waals surface area contributed by atoms with Gasteiger partial charge in [-0.3, -0.25) is 4.90 Å². The summed E-state index contributed by atoms with van der Waals surface area (Å²) in [6, 6.07) is 14.8. The van der Waals surface area contributed by atoms with Crippen molar-refractivity contribution in [3.8, 4) is 11.5 Å². The maximum atomic E-state index is 12.5. The Morgan fingerprint density at radius 1 is 1.07 bits per heavy atom. The largest absolute Gasteiger partial charge is 0.573 e. The molecule has 0 bridgehead atoms. The van der Waals surface area contributed by atoms with Gasteiger partial charge in [-0.1, -0.05) is 24.3 Å². The molecular weight excluding hydrogens is 411 g/mol. The van der Waals surface area contributed by atoms with Gasteiger partial charge in [-0.05, 0) is 58.3 Å². The first-order valence-electron chi connectivity index (χ1n) is 9.87. The van der Waals surface area contributed by atoms with Crippen LogP contribution in [0.25, 0.3) is 0 Å². The molecule has 3 heterocycles. The van der Waals surface area contributed by atoms with Crippen LogP contribution in [0.15, 0.2) is 53.9 Å².